The van der Waals surface area contributed by atoms with Crippen LogP contribution in [0.4, 0.5) is 5.69 Å². The lowest BCUT2D eigenvalue weighted by molar-refractivity contribution is -0.113. The summed E-state index contributed by atoms with van der Waals surface area (Å²) in [6.07, 6.45) is 3.90. The highest BCUT2D eigenvalue weighted by atomic mass is 32.1. The van der Waals surface area contributed by atoms with Gasteiger partial charge in [-0.2, -0.15) is 0 Å². The van der Waals surface area contributed by atoms with Crippen molar-refractivity contribution in [2.75, 3.05) is 18.6 Å². The first-order valence-corrected chi connectivity index (χ1v) is 11.3. The third-order valence-corrected chi connectivity index (χ3v) is 5.96. The van der Waals surface area contributed by atoms with Gasteiger partial charge < -0.3 is 19.4 Å². The molecule has 1 fully saturated rings. The fourth-order valence-corrected chi connectivity index (χ4v) is 4.31. The van der Waals surface area contributed by atoms with E-state index in [1.165, 1.54) is 4.90 Å². The summed E-state index contributed by atoms with van der Waals surface area (Å²) in [5.41, 5.74) is 3.20. The highest BCUT2D eigenvalue weighted by molar-refractivity contribution is 7.80. The fraction of sp³-hybridized carbons (Fsp3) is 0.111. The molecule has 1 aromatic heterocycles. The Hall–Kier alpha value is -4.10. The van der Waals surface area contributed by atoms with Gasteiger partial charge in [-0.25, -0.2) is 0 Å². The van der Waals surface area contributed by atoms with Crippen LogP contribution >= 0.6 is 12.2 Å². The largest absolute Gasteiger partial charge is 0.497 e. The van der Waals surface area contributed by atoms with E-state index in [0.29, 0.717) is 24.0 Å². The zero-order valence-corrected chi connectivity index (χ0v) is 19.4. The first kappa shape index (κ1) is 21.7. The molecule has 0 bridgehead atoms. The summed E-state index contributed by atoms with van der Waals surface area (Å²) in [6, 6.07) is 25.0. The molecule has 7 heteroatoms. The molecule has 1 amide bonds. The van der Waals surface area contributed by atoms with Gasteiger partial charge >= 0.3 is 0 Å². The summed E-state index contributed by atoms with van der Waals surface area (Å²) in [5, 5.41) is 4.50. The molecule has 0 radical (unpaired) electrons. The first-order chi connectivity index (χ1) is 16.6. The minimum atomic E-state index is -0.170. The fourth-order valence-electron chi connectivity index (χ4n) is 4.01. The minimum absolute atomic E-state index is 0.170. The number of ether oxygens (including phenoxy) is 2. The molecule has 0 spiro atoms. The van der Waals surface area contributed by atoms with Crippen LogP contribution in [0.5, 0.6) is 11.5 Å². The zero-order valence-electron chi connectivity index (χ0n) is 18.6. The number of benzene rings is 3. The molecule has 3 aromatic carbocycles. The van der Waals surface area contributed by atoms with Crippen LogP contribution in [0.2, 0.25) is 0 Å². The van der Waals surface area contributed by atoms with Gasteiger partial charge in [0.15, 0.2) is 5.11 Å². The van der Waals surface area contributed by atoms with E-state index in [0.717, 1.165) is 33.7 Å². The van der Waals surface area contributed by atoms with Crippen molar-refractivity contribution in [1.29, 1.82) is 0 Å². The molecule has 1 saturated heterocycles. The number of amides is 1. The number of carbonyl (C=O) groups is 1. The lowest BCUT2D eigenvalue weighted by atomic mass is 10.1. The third-order valence-electron chi connectivity index (χ3n) is 5.67. The molecule has 0 atom stereocenters. The van der Waals surface area contributed by atoms with Crippen LogP contribution in [-0.2, 0) is 11.3 Å². The van der Waals surface area contributed by atoms with Gasteiger partial charge in [0.1, 0.15) is 23.8 Å². The molecule has 0 unspecified atom stereocenters. The van der Waals surface area contributed by atoms with E-state index in [2.05, 4.69) is 22.0 Å². The van der Waals surface area contributed by atoms with Crippen molar-refractivity contribution < 1.29 is 14.3 Å². The van der Waals surface area contributed by atoms with Gasteiger partial charge in [-0.3, -0.25) is 9.69 Å². The van der Waals surface area contributed by atoms with Crippen LogP contribution in [0.25, 0.3) is 17.0 Å². The van der Waals surface area contributed by atoms with Crippen LogP contribution in [0, 0.1) is 0 Å². The average Bonchev–Trinajstić information content (AvgIpc) is 3.36. The van der Waals surface area contributed by atoms with Crippen molar-refractivity contribution in [1.82, 2.24) is 9.88 Å². The molecule has 1 aliphatic rings. The molecule has 5 rings (SSSR count). The Morgan fingerprint density at radius 3 is 2.41 bits per heavy atom. The van der Waals surface area contributed by atoms with Gasteiger partial charge in [-0.1, -0.05) is 36.4 Å². The minimum Gasteiger partial charge on any atom is -0.497 e. The maximum absolute atomic E-state index is 13.1. The average molecular weight is 470 g/mol. The Morgan fingerprint density at radius 2 is 1.65 bits per heavy atom. The second-order valence-electron chi connectivity index (χ2n) is 7.78. The number of para-hydroxylation sites is 2. The lowest BCUT2D eigenvalue weighted by Gasteiger charge is -2.13. The summed E-state index contributed by atoms with van der Waals surface area (Å²) < 4.78 is 13.2. The van der Waals surface area contributed by atoms with Gasteiger partial charge in [-0.15, -0.1) is 0 Å². The predicted octanol–water partition coefficient (Wildman–Crippen LogP) is 4.99. The number of aromatic nitrogens is 1. The number of anilines is 1. The zero-order chi connectivity index (χ0) is 23.5. The standard InChI is InChI=1S/C27H23N3O3S/c1-32-21-11-13-22(14-12-21)33-16-15-29-18-19(23-9-5-6-10-25(23)29)17-24-26(31)30(27(34)28-24)20-7-3-2-4-8-20/h2-14,17-18H,15-16H2,1H3,(H,28,34)/b24-17-. The van der Waals surface area contributed by atoms with E-state index in [-0.39, 0.29) is 5.91 Å². The Kier molecular flexibility index (Phi) is 6.01. The summed E-state index contributed by atoms with van der Waals surface area (Å²) >= 11 is 5.44. The Labute approximate surface area is 203 Å². The highest BCUT2D eigenvalue weighted by Gasteiger charge is 2.32. The van der Waals surface area contributed by atoms with Crippen LogP contribution in [0.1, 0.15) is 5.56 Å². The number of nitrogens with one attached hydrogen (secondary N) is 1. The van der Waals surface area contributed by atoms with Crippen molar-refractivity contribution in [2.24, 2.45) is 0 Å². The normalized spacial score (nSPS) is 14.6. The Morgan fingerprint density at radius 1 is 0.941 bits per heavy atom. The molecule has 0 aliphatic carbocycles. The summed E-state index contributed by atoms with van der Waals surface area (Å²) in [4.78, 5) is 14.6. The van der Waals surface area contributed by atoms with E-state index < -0.39 is 0 Å². The molecule has 1 N–H and O–H groups in total. The van der Waals surface area contributed by atoms with E-state index in [9.17, 15) is 4.79 Å². The topological polar surface area (TPSA) is 55.7 Å². The summed E-state index contributed by atoms with van der Waals surface area (Å²) in [7, 11) is 1.64. The van der Waals surface area contributed by atoms with Crippen LogP contribution in [-0.4, -0.2) is 29.3 Å². The summed E-state index contributed by atoms with van der Waals surface area (Å²) in [5.74, 6) is 1.41. The van der Waals surface area contributed by atoms with Gasteiger partial charge in [-0.05, 0) is 60.8 Å². The first-order valence-electron chi connectivity index (χ1n) is 10.9. The second kappa shape index (κ2) is 9.41. The third kappa shape index (κ3) is 4.25. The molecule has 34 heavy (non-hydrogen) atoms. The van der Waals surface area contributed by atoms with Gasteiger partial charge in [0.25, 0.3) is 5.91 Å². The molecular formula is C27H23N3O3S. The van der Waals surface area contributed by atoms with Gasteiger partial charge in [0.05, 0.1) is 19.3 Å². The van der Waals surface area contributed by atoms with Crippen molar-refractivity contribution in [3.8, 4) is 11.5 Å². The van der Waals surface area contributed by atoms with Crippen LogP contribution in [0.15, 0.2) is 90.8 Å². The molecule has 2 heterocycles. The molecule has 6 nitrogen and oxygen atoms in total. The van der Waals surface area contributed by atoms with Crippen molar-refractivity contribution >= 4 is 45.9 Å². The van der Waals surface area contributed by atoms with E-state index in [1.54, 1.807) is 7.11 Å². The molecule has 4 aromatic rings. The monoisotopic (exact) mass is 469 g/mol. The number of nitrogens with zero attached hydrogens (tertiary/aromatic N) is 2. The maximum atomic E-state index is 13.1. The van der Waals surface area contributed by atoms with Crippen molar-refractivity contribution in [2.45, 2.75) is 6.54 Å². The number of methoxy groups -OCH3 is 1. The smallest absolute Gasteiger partial charge is 0.281 e. The number of fused-ring (bicyclic) bond motifs is 1. The van der Waals surface area contributed by atoms with Crippen molar-refractivity contribution in [3.63, 3.8) is 0 Å². The second-order valence-corrected chi connectivity index (χ2v) is 8.17. The quantitative estimate of drug-likeness (QED) is 0.305. The Balaban J connectivity index is 1.37. The number of carbonyl (C=O) groups excluding carboxylic acids is 1. The van der Waals surface area contributed by atoms with Gasteiger partial charge in [0, 0.05) is 22.7 Å². The van der Waals surface area contributed by atoms with Crippen molar-refractivity contribution in [3.05, 3.63) is 96.3 Å². The van der Waals surface area contributed by atoms with Crippen LogP contribution in [0.3, 0.4) is 0 Å². The number of hydrogen-bond acceptors (Lipinski definition) is 4. The maximum Gasteiger partial charge on any atom is 0.281 e. The summed E-state index contributed by atoms with van der Waals surface area (Å²) in [6.45, 7) is 1.16. The van der Waals surface area contributed by atoms with Gasteiger partial charge in [0.2, 0.25) is 0 Å². The molecular weight excluding hydrogens is 446 g/mol. The van der Waals surface area contributed by atoms with Crippen LogP contribution < -0.4 is 19.7 Å². The lowest BCUT2D eigenvalue weighted by Crippen LogP contribution is -2.30. The number of thiocarbonyl (C=S) groups is 1. The molecule has 1 aliphatic heterocycles. The molecule has 170 valence electrons. The number of rotatable bonds is 7. The van der Waals surface area contributed by atoms with E-state index in [1.807, 2.05) is 79.0 Å². The number of hydrogen-bond donors (Lipinski definition) is 1. The van der Waals surface area contributed by atoms with E-state index >= 15 is 0 Å². The SMILES string of the molecule is COc1ccc(OCCn2cc(/C=C3\NC(=S)N(c4ccccc4)C3=O)c3ccccc32)cc1. The predicted molar refractivity (Wildman–Crippen MR) is 138 cm³/mol. The molecule has 0 saturated carbocycles. The highest BCUT2D eigenvalue weighted by Crippen LogP contribution is 2.27. The Bertz CT molecular complexity index is 1380. The van der Waals surface area contributed by atoms with E-state index in [4.69, 9.17) is 21.7 Å².